The quantitative estimate of drug-likeness (QED) is 0.783. The molecule has 0 saturated heterocycles. The highest BCUT2D eigenvalue weighted by Gasteiger charge is 2.11. The van der Waals surface area contributed by atoms with E-state index in [0.29, 0.717) is 24.2 Å². The number of methoxy groups -OCH3 is 1. The summed E-state index contributed by atoms with van der Waals surface area (Å²) in [5.41, 5.74) is 2.70. The maximum atomic E-state index is 12.2. The number of aryl methyl sites for hydroxylation is 1. The van der Waals surface area contributed by atoms with E-state index in [0.717, 1.165) is 22.4 Å². The van der Waals surface area contributed by atoms with E-state index >= 15 is 0 Å². The Kier molecular flexibility index (Phi) is 4.23. The Hall–Kier alpha value is -2.89. The largest absolute Gasteiger partial charge is 0.496 e. The van der Waals surface area contributed by atoms with Crippen LogP contribution in [-0.2, 0) is 6.42 Å². The summed E-state index contributed by atoms with van der Waals surface area (Å²) in [5.74, 6) is 0.653. The van der Waals surface area contributed by atoms with Gasteiger partial charge in [-0.1, -0.05) is 23.4 Å². The lowest BCUT2D eigenvalue weighted by Crippen LogP contribution is -2.25. The van der Waals surface area contributed by atoms with Gasteiger partial charge >= 0.3 is 0 Å². The standard InChI is InChI=1S/C17H17N3O3/c1-11-14-9-13(10-19-17(14)23-20-11)16(21)18-8-7-12-5-3-4-6-15(12)22-2/h3-6,9-10H,7-8H2,1-2H3,(H,18,21). The van der Waals surface area contributed by atoms with Gasteiger partial charge in [0, 0.05) is 12.7 Å². The molecule has 0 fully saturated rings. The zero-order chi connectivity index (χ0) is 16.2. The van der Waals surface area contributed by atoms with Crippen LogP contribution in [0.5, 0.6) is 5.75 Å². The highest BCUT2D eigenvalue weighted by molar-refractivity contribution is 5.96. The lowest BCUT2D eigenvalue weighted by molar-refractivity contribution is 0.0954. The van der Waals surface area contributed by atoms with Crippen molar-refractivity contribution in [2.45, 2.75) is 13.3 Å². The van der Waals surface area contributed by atoms with E-state index < -0.39 is 0 Å². The Morgan fingerprint density at radius 3 is 3.00 bits per heavy atom. The smallest absolute Gasteiger partial charge is 0.257 e. The molecule has 0 aliphatic heterocycles. The first-order valence-electron chi connectivity index (χ1n) is 7.31. The fraction of sp³-hybridized carbons (Fsp3) is 0.235. The number of pyridine rings is 1. The summed E-state index contributed by atoms with van der Waals surface area (Å²) in [7, 11) is 1.64. The second-order valence-electron chi connectivity index (χ2n) is 5.16. The van der Waals surface area contributed by atoms with E-state index in [1.54, 1.807) is 13.2 Å². The topological polar surface area (TPSA) is 77.2 Å². The molecule has 0 radical (unpaired) electrons. The third kappa shape index (κ3) is 3.15. The number of hydrogen-bond donors (Lipinski definition) is 1. The zero-order valence-electron chi connectivity index (χ0n) is 13.0. The number of carbonyl (C=O) groups excluding carboxylic acids is 1. The van der Waals surface area contributed by atoms with E-state index in [-0.39, 0.29) is 5.91 Å². The summed E-state index contributed by atoms with van der Waals surface area (Å²) in [5, 5.41) is 7.48. The molecule has 1 amide bonds. The molecule has 23 heavy (non-hydrogen) atoms. The fourth-order valence-corrected chi connectivity index (χ4v) is 2.39. The summed E-state index contributed by atoms with van der Waals surface area (Å²) in [6.07, 6.45) is 2.18. The average Bonchev–Trinajstić information content (AvgIpc) is 2.96. The minimum Gasteiger partial charge on any atom is -0.496 e. The average molecular weight is 311 g/mol. The highest BCUT2D eigenvalue weighted by atomic mass is 16.5. The summed E-state index contributed by atoms with van der Waals surface area (Å²) in [6, 6.07) is 9.50. The Morgan fingerprint density at radius 1 is 1.35 bits per heavy atom. The molecule has 2 heterocycles. The Bertz CT molecular complexity index is 842. The molecule has 1 N–H and O–H groups in total. The van der Waals surface area contributed by atoms with Crippen molar-refractivity contribution in [1.29, 1.82) is 0 Å². The molecule has 6 heteroatoms. The highest BCUT2D eigenvalue weighted by Crippen LogP contribution is 2.18. The van der Waals surface area contributed by atoms with E-state index in [1.165, 1.54) is 6.20 Å². The van der Waals surface area contributed by atoms with Gasteiger partial charge in [0.15, 0.2) is 0 Å². The monoisotopic (exact) mass is 311 g/mol. The number of benzene rings is 1. The van der Waals surface area contributed by atoms with Gasteiger partial charge in [0.25, 0.3) is 11.6 Å². The molecule has 118 valence electrons. The summed E-state index contributed by atoms with van der Waals surface area (Å²) >= 11 is 0. The van der Waals surface area contributed by atoms with Crippen LogP contribution in [0.15, 0.2) is 41.1 Å². The SMILES string of the molecule is COc1ccccc1CCNC(=O)c1cnc2onc(C)c2c1. The summed E-state index contributed by atoms with van der Waals surface area (Å²) < 4.78 is 10.3. The minimum atomic E-state index is -0.171. The lowest BCUT2D eigenvalue weighted by atomic mass is 10.1. The molecule has 0 aliphatic carbocycles. The third-order valence-corrected chi connectivity index (χ3v) is 3.64. The molecule has 0 bridgehead atoms. The van der Waals surface area contributed by atoms with Crippen LogP contribution in [0.1, 0.15) is 21.6 Å². The maximum Gasteiger partial charge on any atom is 0.257 e. The van der Waals surface area contributed by atoms with Crippen LogP contribution >= 0.6 is 0 Å². The number of ether oxygens (including phenoxy) is 1. The van der Waals surface area contributed by atoms with Crippen LogP contribution in [0, 0.1) is 6.92 Å². The number of nitrogens with one attached hydrogen (secondary N) is 1. The van der Waals surface area contributed by atoms with Crippen LogP contribution < -0.4 is 10.1 Å². The van der Waals surface area contributed by atoms with E-state index in [1.807, 2.05) is 31.2 Å². The van der Waals surface area contributed by atoms with Crippen molar-refractivity contribution in [1.82, 2.24) is 15.5 Å². The second-order valence-corrected chi connectivity index (χ2v) is 5.16. The van der Waals surface area contributed by atoms with E-state index in [4.69, 9.17) is 9.26 Å². The Labute approximate surface area is 133 Å². The Balaban J connectivity index is 1.65. The summed E-state index contributed by atoms with van der Waals surface area (Å²) in [4.78, 5) is 16.3. The van der Waals surface area contributed by atoms with Crippen LogP contribution in [-0.4, -0.2) is 29.7 Å². The van der Waals surface area contributed by atoms with E-state index in [2.05, 4.69) is 15.5 Å². The molecule has 1 aromatic carbocycles. The van der Waals surface area contributed by atoms with Crippen LogP contribution in [0.4, 0.5) is 0 Å². The zero-order valence-corrected chi connectivity index (χ0v) is 13.0. The first-order chi connectivity index (χ1) is 11.2. The van der Waals surface area contributed by atoms with Crippen molar-refractivity contribution >= 4 is 17.0 Å². The van der Waals surface area contributed by atoms with Gasteiger partial charge in [-0.25, -0.2) is 4.98 Å². The number of para-hydroxylation sites is 1. The van der Waals surface area contributed by atoms with Crippen molar-refractivity contribution in [2.24, 2.45) is 0 Å². The molecule has 0 spiro atoms. The third-order valence-electron chi connectivity index (χ3n) is 3.64. The maximum absolute atomic E-state index is 12.2. The molecule has 6 nitrogen and oxygen atoms in total. The van der Waals surface area contributed by atoms with Crippen LogP contribution in [0.2, 0.25) is 0 Å². The molecular formula is C17H17N3O3. The number of hydrogen-bond acceptors (Lipinski definition) is 5. The number of nitrogens with zero attached hydrogens (tertiary/aromatic N) is 2. The Morgan fingerprint density at radius 2 is 2.17 bits per heavy atom. The van der Waals surface area contributed by atoms with Gasteiger partial charge < -0.3 is 14.6 Å². The van der Waals surface area contributed by atoms with Crippen LogP contribution in [0.25, 0.3) is 11.1 Å². The van der Waals surface area contributed by atoms with Gasteiger partial charge in [0.1, 0.15) is 5.75 Å². The van der Waals surface area contributed by atoms with Crippen molar-refractivity contribution in [3.63, 3.8) is 0 Å². The first-order valence-corrected chi connectivity index (χ1v) is 7.31. The number of amides is 1. The van der Waals surface area contributed by atoms with Gasteiger partial charge in [0.05, 0.1) is 23.8 Å². The van der Waals surface area contributed by atoms with Crippen LogP contribution in [0.3, 0.4) is 0 Å². The molecule has 0 aliphatic rings. The molecule has 0 unspecified atom stereocenters. The normalized spacial score (nSPS) is 10.7. The van der Waals surface area contributed by atoms with Gasteiger partial charge in [-0.15, -0.1) is 0 Å². The lowest BCUT2D eigenvalue weighted by Gasteiger charge is -2.09. The summed E-state index contributed by atoms with van der Waals surface area (Å²) in [6.45, 7) is 2.33. The van der Waals surface area contributed by atoms with Gasteiger partial charge in [-0.3, -0.25) is 4.79 Å². The molecule has 0 atom stereocenters. The van der Waals surface area contributed by atoms with E-state index in [9.17, 15) is 4.79 Å². The molecule has 2 aromatic heterocycles. The number of carbonyl (C=O) groups is 1. The molecule has 3 aromatic rings. The molecular weight excluding hydrogens is 294 g/mol. The molecule has 0 saturated carbocycles. The first kappa shape index (κ1) is 15.0. The predicted molar refractivity (Wildman–Crippen MR) is 85.6 cm³/mol. The van der Waals surface area contributed by atoms with Gasteiger partial charge in [-0.2, -0.15) is 0 Å². The van der Waals surface area contributed by atoms with Gasteiger partial charge in [-0.05, 0) is 31.0 Å². The van der Waals surface area contributed by atoms with Crippen molar-refractivity contribution in [2.75, 3.05) is 13.7 Å². The van der Waals surface area contributed by atoms with Gasteiger partial charge in [0.2, 0.25) is 0 Å². The van der Waals surface area contributed by atoms with Crippen molar-refractivity contribution in [3.8, 4) is 5.75 Å². The predicted octanol–water partition coefficient (Wildman–Crippen LogP) is 2.51. The molecule has 3 rings (SSSR count). The van der Waals surface area contributed by atoms with Crippen molar-refractivity contribution in [3.05, 3.63) is 53.3 Å². The number of aromatic nitrogens is 2. The second kappa shape index (κ2) is 6.48. The fourth-order valence-electron chi connectivity index (χ4n) is 2.39. The number of fused-ring (bicyclic) bond motifs is 1. The number of rotatable bonds is 5. The van der Waals surface area contributed by atoms with Crippen molar-refractivity contribution < 1.29 is 14.1 Å². The minimum absolute atomic E-state index is 0.171.